The van der Waals surface area contributed by atoms with Crippen LogP contribution in [0.15, 0.2) is 79.3 Å². The van der Waals surface area contributed by atoms with Gasteiger partial charge in [0.25, 0.3) is 0 Å². The fourth-order valence-corrected chi connectivity index (χ4v) is 2.42. The quantitative estimate of drug-likeness (QED) is 0.490. The Hall–Kier alpha value is -3.47. The maximum atomic E-state index is 10.6. The van der Waals surface area contributed by atoms with E-state index in [1.165, 1.54) is 6.08 Å². The number of ether oxygens (including phenoxy) is 1. The van der Waals surface area contributed by atoms with Crippen LogP contribution in [0, 0.1) is 10.1 Å². The molecule has 0 saturated carbocycles. The minimum atomic E-state index is -0.479. The Morgan fingerprint density at radius 3 is 2.64 bits per heavy atom. The van der Waals surface area contributed by atoms with Gasteiger partial charge in [-0.2, -0.15) is 0 Å². The second-order valence-electron chi connectivity index (χ2n) is 5.37. The van der Waals surface area contributed by atoms with Gasteiger partial charge in [0.05, 0.1) is 4.92 Å². The molecule has 25 heavy (non-hydrogen) atoms. The summed E-state index contributed by atoms with van der Waals surface area (Å²) in [6, 6.07) is 19.1. The number of hydrogen-bond donors (Lipinski definition) is 0. The van der Waals surface area contributed by atoms with Crippen LogP contribution in [0.2, 0.25) is 0 Å². The monoisotopic (exact) mass is 332 g/mol. The highest BCUT2D eigenvalue weighted by atomic mass is 16.6. The predicted octanol–water partition coefficient (Wildman–Crippen LogP) is 4.58. The van der Waals surface area contributed by atoms with Gasteiger partial charge in [0, 0.05) is 24.0 Å². The zero-order valence-electron chi connectivity index (χ0n) is 13.4. The lowest BCUT2D eigenvalue weighted by Gasteiger charge is -2.11. The normalized spacial score (nSPS) is 10.7. The summed E-state index contributed by atoms with van der Waals surface area (Å²) in [5, 5.41) is 10.6. The Morgan fingerprint density at radius 1 is 1.08 bits per heavy atom. The van der Waals surface area contributed by atoms with Gasteiger partial charge < -0.3 is 4.74 Å². The molecule has 3 rings (SSSR count). The molecule has 3 aromatic rings. The van der Waals surface area contributed by atoms with Gasteiger partial charge in [-0.3, -0.25) is 15.1 Å². The second-order valence-corrected chi connectivity index (χ2v) is 5.37. The highest BCUT2D eigenvalue weighted by Gasteiger charge is 2.07. The summed E-state index contributed by atoms with van der Waals surface area (Å²) in [7, 11) is 0. The van der Waals surface area contributed by atoms with Gasteiger partial charge in [-0.25, -0.2) is 0 Å². The molecule has 0 amide bonds. The van der Waals surface area contributed by atoms with E-state index in [-0.39, 0.29) is 0 Å². The highest BCUT2D eigenvalue weighted by Crippen LogP contribution is 2.29. The van der Waals surface area contributed by atoms with E-state index in [4.69, 9.17) is 4.74 Å². The van der Waals surface area contributed by atoms with Crippen molar-refractivity contribution in [2.45, 2.75) is 6.61 Å². The Kier molecular flexibility index (Phi) is 5.16. The molecule has 5 heteroatoms. The molecule has 0 atom stereocenters. The Morgan fingerprint density at radius 2 is 1.92 bits per heavy atom. The van der Waals surface area contributed by atoms with Crippen LogP contribution in [-0.4, -0.2) is 9.91 Å². The first kappa shape index (κ1) is 16.4. The lowest BCUT2D eigenvalue weighted by Crippen LogP contribution is -1.96. The van der Waals surface area contributed by atoms with Crippen LogP contribution >= 0.6 is 0 Å². The third kappa shape index (κ3) is 4.51. The molecule has 0 N–H and O–H groups in total. The SMILES string of the molecule is O=[N+]([O-])C=Cc1ccc(OCc2ccccc2)cc1-c1cccnc1. The summed E-state index contributed by atoms with van der Waals surface area (Å²) >= 11 is 0. The lowest BCUT2D eigenvalue weighted by molar-refractivity contribution is -0.400. The maximum Gasteiger partial charge on any atom is 0.235 e. The van der Waals surface area contributed by atoms with Crippen LogP contribution < -0.4 is 4.74 Å². The number of rotatable bonds is 6. The number of nitro groups is 1. The zero-order valence-corrected chi connectivity index (χ0v) is 13.4. The van der Waals surface area contributed by atoms with Crippen molar-refractivity contribution in [2.75, 3.05) is 0 Å². The van der Waals surface area contributed by atoms with Crippen LogP contribution in [0.4, 0.5) is 0 Å². The van der Waals surface area contributed by atoms with E-state index in [1.54, 1.807) is 12.4 Å². The van der Waals surface area contributed by atoms with Crippen molar-refractivity contribution < 1.29 is 9.66 Å². The van der Waals surface area contributed by atoms with Crippen LogP contribution in [0.5, 0.6) is 5.75 Å². The van der Waals surface area contributed by atoms with Crippen LogP contribution in [0.1, 0.15) is 11.1 Å². The van der Waals surface area contributed by atoms with Crippen molar-refractivity contribution >= 4 is 6.08 Å². The van der Waals surface area contributed by atoms with Crippen molar-refractivity contribution in [3.05, 3.63) is 100 Å². The molecular formula is C20H16N2O3. The molecule has 2 aromatic carbocycles. The van der Waals surface area contributed by atoms with E-state index in [0.29, 0.717) is 12.4 Å². The molecule has 0 fully saturated rings. The number of hydrogen-bond acceptors (Lipinski definition) is 4. The van der Waals surface area contributed by atoms with Gasteiger partial charge in [0.1, 0.15) is 12.4 Å². The average Bonchev–Trinajstić information content (AvgIpc) is 2.66. The fourth-order valence-electron chi connectivity index (χ4n) is 2.42. The molecule has 0 unspecified atom stereocenters. The summed E-state index contributed by atoms with van der Waals surface area (Å²) in [6.07, 6.45) is 5.81. The molecule has 0 spiro atoms. The summed E-state index contributed by atoms with van der Waals surface area (Å²) in [5.74, 6) is 0.695. The standard InChI is InChI=1S/C20H16N2O3/c23-22(24)12-10-17-8-9-19(25-15-16-5-2-1-3-6-16)13-20(17)18-7-4-11-21-14-18/h1-14H,15H2. The maximum absolute atomic E-state index is 10.6. The summed E-state index contributed by atoms with van der Waals surface area (Å²) < 4.78 is 5.86. The molecular weight excluding hydrogens is 316 g/mol. The van der Waals surface area contributed by atoms with Crippen molar-refractivity contribution in [1.82, 2.24) is 4.98 Å². The number of benzene rings is 2. The molecule has 0 aliphatic heterocycles. The topological polar surface area (TPSA) is 65.3 Å². The number of nitrogens with zero attached hydrogens (tertiary/aromatic N) is 2. The molecule has 5 nitrogen and oxygen atoms in total. The molecule has 1 heterocycles. The van der Waals surface area contributed by atoms with Gasteiger partial charge in [-0.05, 0) is 34.9 Å². The minimum absolute atomic E-state index is 0.456. The van der Waals surface area contributed by atoms with E-state index in [2.05, 4.69) is 4.98 Å². The summed E-state index contributed by atoms with van der Waals surface area (Å²) in [5.41, 5.74) is 3.51. The van der Waals surface area contributed by atoms with Gasteiger partial charge in [-0.1, -0.05) is 42.5 Å². The molecule has 0 aliphatic rings. The van der Waals surface area contributed by atoms with E-state index >= 15 is 0 Å². The molecule has 1 aromatic heterocycles. The molecule has 0 bridgehead atoms. The van der Waals surface area contributed by atoms with E-state index in [1.807, 2.05) is 60.7 Å². The lowest BCUT2D eigenvalue weighted by atomic mass is 10.0. The largest absolute Gasteiger partial charge is 0.489 e. The Labute approximate surface area is 145 Å². The van der Waals surface area contributed by atoms with Gasteiger partial charge in [0.15, 0.2) is 0 Å². The van der Waals surface area contributed by atoms with Crippen molar-refractivity contribution in [3.8, 4) is 16.9 Å². The summed E-state index contributed by atoms with van der Waals surface area (Å²) in [6.45, 7) is 0.456. The van der Waals surface area contributed by atoms with Gasteiger partial charge in [0.2, 0.25) is 6.20 Å². The van der Waals surface area contributed by atoms with Gasteiger partial charge >= 0.3 is 0 Å². The third-order valence-corrected chi connectivity index (χ3v) is 3.62. The smallest absolute Gasteiger partial charge is 0.235 e. The number of aromatic nitrogens is 1. The average molecular weight is 332 g/mol. The molecule has 0 saturated heterocycles. The summed E-state index contributed by atoms with van der Waals surface area (Å²) in [4.78, 5) is 14.3. The van der Waals surface area contributed by atoms with Gasteiger partial charge in [-0.15, -0.1) is 0 Å². The van der Waals surface area contributed by atoms with E-state index < -0.39 is 4.92 Å². The fraction of sp³-hybridized carbons (Fsp3) is 0.0500. The highest BCUT2D eigenvalue weighted by molar-refractivity contribution is 5.75. The van der Waals surface area contributed by atoms with Crippen LogP contribution in [0.25, 0.3) is 17.2 Å². The Bertz CT molecular complexity index is 878. The molecule has 0 aliphatic carbocycles. The van der Waals surface area contributed by atoms with Crippen molar-refractivity contribution in [3.63, 3.8) is 0 Å². The zero-order chi connectivity index (χ0) is 17.5. The van der Waals surface area contributed by atoms with Crippen LogP contribution in [0.3, 0.4) is 0 Å². The Balaban J connectivity index is 1.90. The molecule has 0 radical (unpaired) electrons. The van der Waals surface area contributed by atoms with Crippen molar-refractivity contribution in [1.29, 1.82) is 0 Å². The number of pyridine rings is 1. The first-order valence-electron chi connectivity index (χ1n) is 7.75. The minimum Gasteiger partial charge on any atom is -0.489 e. The second kappa shape index (κ2) is 7.88. The first-order valence-corrected chi connectivity index (χ1v) is 7.75. The van der Waals surface area contributed by atoms with Crippen LogP contribution in [-0.2, 0) is 6.61 Å². The predicted molar refractivity (Wildman–Crippen MR) is 96.5 cm³/mol. The third-order valence-electron chi connectivity index (χ3n) is 3.62. The van der Waals surface area contributed by atoms with E-state index in [9.17, 15) is 10.1 Å². The molecule has 124 valence electrons. The van der Waals surface area contributed by atoms with E-state index in [0.717, 1.165) is 28.5 Å². The van der Waals surface area contributed by atoms with Crippen molar-refractivity contribution in [2.24, 2.45) is 0 Å². The first-order chi connectivity index (χ1) is 12.2.